The van der Waals surface area contributed by atoms with Crippen molar-refractivity contribution in [3.63, 3.8) is 0 Å². The van der Waals surface area contributed by atoms with Gasteiger partial charge in [-0.25, -0.2) is 4.98 Å². The molecular weight excluding hydrogens is 390 g/mol. The molecule has 2 aliphatic heterocycles. The zero-order valence-corrected chi connectivity index (χ0v) is 18.4. The summed E-state index contributed by atoms with van der Waals surface area (Å²) < 4.78 is 5.23. The summed E-state index contributed by atoms with van der Waals surface area (Å²) in [6.07, 6.45) is 9.24. The van der Waals surface area contributed by atoms with E-state index in [0.717, 1.165) is 76.5 Å². The number of benzene rings is 1. The number of carbonyl (C=O) groups excluding carboxylic acids is 1. The molecule has 1 aromatic carbocycles. The number of aromatic nitrogens is 2. The van der Waals surface area contributed by atoms with E-state index in [1.54, 1.807) is 25.7 Å². The molecule has 2 aromatic rings. The molecule has 3 heterocycles. The Morgan fingerprint density at radius 2 is 1.81 bits per heavy atom. The van der Waals surface area contributed by atoms with Crippen molar-refractivity contribution in [1.29, 1.82) is 0 Å². The fraction of sp³-hybridized carbons (Fsp3) is 0.542. The number of nitrogens with one attached hydrogen (secondary N) is 1. The number of hydrogen-bond acceptors (Lipinski definition) is 6. The highest BCUT2D eigenvalue weighted by Gasteiger charge is 2.27. The first-order chi connectivity index (χ1) is 15.2. The van der Waals surface area contributed by atoms with Gasteiger partial charge in [-0.2, -0.15) is 0 Å². The molecule has 0 aliphatic carbocycles. The van der Waals surface area contributed by atoms with Gasteiger partial charge in [-0.15, -0.1) is 0 Å². The van der Waals surface area contributed by atoms with Crippen LogP contribution in [0.2, 0.25) is 0 Å². The average molecular weight is 424 g/mol. The number of ether oxygens (including phenoxy) is 1. The van der Waals surface area contributed by atoms with Crippen molar-refractivity contribution in [2.45, 2.75) is 32.2 Å². The molecule has 31 heavy (non-hydrogen) atoms. The van der Waals surface area contributed by atoms with Gasteiger partial charge in [-0.1, -0.05) is 12.1 Å². The van der Waals surface area contributed by atoms with Crippen molar-refractivity contribution in [2.75, 3.05) is 44.7 Å². The lowest BCUT2D eigenvalue weighted by molar-refractivity contribution is -0.125. The van der Waals surface area contributed by atoms with Gasteiger partial charge in [-0.05, 0) is 62.4 Å². The van der Waals surface area contributed by atoms with Crippen molar-refractivity contribution in [1.82, 2.24) is 20.2 Å². The second-order valence-electron chi connectivity index (χ2n) is 8.64. The predicted molar refractivity (Wildman–Crippen MR) is 121 cm³/mol. The van der Waals surface area contributed by atoms with Crippen molar-refractivity contribution >= 4 is 11.7 Å². The molecule has 1 N–H and O–H groups in total. The van der Waals surface area contributed by atoms with Crippen LogP contribution < -0.4 is 15.0 Å². The fourth-order valence-corrected chi connectivity index (χ4v) is 4.55. The van der Waals surface area contributed by atoms with E-state index >= 15 is 0 Å². The molecule has 0 unspecified atom stereocenters. The third-order valence-corrected chi connectivity index (χ3v) is 6.58. The van der Waals surface area contributed by atoms with E-state index in [2.05, 4.69) is 37.2 Å². The zero-order chi connectivity index (χ0) is 21.5. The van der Waals surface area contributed by atoms with Crippen molar-refractivity contribution < 1.29 is 9.53 Å². The lowest BCUT2D eigenvalue weighted by Gasteiger charge is -2.34. The van der Waals surface area contributed by atoms with Crippen LogP contribution in [0.5, 0.6) is 5.75 Å². The molecule has 0 spiro atoms. The van der Waals surface area contributed by atoms with Crippen molar-refractivity contribution in [3.05, 3.63) is 48.4 Å². The number of piperidine rings is 2. The predicted octanol–water partition coefficient (Wildman–Crippen LogP) is 2.73. The van der Waals surface area contributed by atoms with Crippen LogP contribution in [0.25, 0.3) is 0 Å². The number of hydrogen-bond donors (Lipinski definition) is 1. The highest BCUT2D eigenvalue weighted by molar-refractivity contribution is 5.79. The quantitative estimate of drug-likeness (QED) is 0.738. The van der Waals surface area contributed by atoms with E-state index in [9.17, 15) is 4.79 Å². The van der Waals surface area contributed by atoms with Gasteiger partial charge in [0.25, 0.3) is 0 Å². The topological polar surface area (TPSA) is 70.6 Å². The summed E-state index contributed by atoms with van der Waals surface area (Å²) in [7, 11) is 1.70. The smallest absolute Gasteiger partial charge is 0.223 e. The van der Waals surface area contributed by atoms with Gasteiger partial charge < -0.3 is 15.0 Å². The highest BCUT2D eigenvalue weighted by atomic mass is 16.5. The molecule has 1 aromatic heterocycles. The molecule has 7 heteroatoms. The monoisotopic (exact) mass is 423 g/mol. The molecule has 0 atom stereocenters. The zero-order valence-electron chi connectivity index (χ0n) is 18.4. The Morgan fingerprint density at radius 3 is 2.45 bits per heavy atom. The summed E-state index contributed by atoms with van der Waals surface area (Å²) >= 11 is 0. The Labute approximate surface area is 184 Å². The minimum absolute atomic E-state index is 0.114. The number of likely N-dealkylation sites (tertiary alicyclic amines) is 1. The standard InChI is InChI=1S/C24H33N5O2/c1-31-22-4-2-20(3-5-22)18-28-12-6-19(7-13-28)16-27-24(30)21-8-14-29(15-9-21)23-17-25-10-11-26-23/h2-5,10-11,17,19,21H,6-9,12-16,18H2,1H3,(H,27,30). The second-order valence-corrected chi connectivity index (χ2v) is 8.64. The first kappa shape index (κ1) is 21.6. The first-order valence-corrected chi connectivity index (χ1v) is 11.3. The molecule has 7 nitrogen and oxygen atoms in total. The maximum Gasteiger partial charge on any atom is 0.223 e. The Morgan fingerprint density at radius 1 is 1.06 bits per heavy atom. The van der Waals surface area contributed by atoms with E-state index in [-0.39, 0.29) is 11.8 Å². The number of anilines is 1. The summed E-state index contributed by atoms with van der Waals surface area (Å²) in [5.74, 6) is 2.72. The number of nitrogens with zero attached hydrogens (tertiary/aromatic N) is 4. The molecule has 0 radical (unpaired) electrons. The summed E-state index contributed by atoms with van der Waals surface area (Å²) in [6.45, 7) is 5.68. The summed E-state index contributed by atoms with van der Waals surface area (Å²) in [6, 6.07) is 8.33. The number of carbonyl (C=O) groups is 1. The SMILES string of the molecule is COc1ccc(CN2CCC(CNC(=O)C3CCN(c4cnccn4)CC3)CC2)cc1. The Balaban J connectivity index is 1.14. The van der Waals surface area contributed by atoms with Crippen LogP contribution in [0.3, 0.4) is 0 Å². The minimum Gasteiger partial charge on any atom is -0.497 e. The van der Waals surface area contributed by atoms with Gasteiger partial charge >= 0.3 is 0 Å². The van der Waals surface area contributed by atoms with Crippen LogP contribution in [0.4, 0.5) is 5.82 Å². The van der Waals surface area contributed by atoms with Crippen LogP contribution in [0, 0.1) is 11.8 Å². The third kappa shape index (κ3) is 5.94. The Kier molecular flexibility index (Phi) is 7.35. The minimum atomic E-state index is 0.114. The number of amides is 1. The van der Waals surface area contributed by atoms with Crippen molar-refractivity contribution in [3.8, 4) is 5.75 Å². The van der Waals surface area contributed by atoms with Crippen LogP contribution in [-0.2, 0) is 11.3 Å². The molecule has 166 valence electrons. The second kappa shape index (κ2) is 10.6. The maximum absolute atomic E-state index is 12.7. The van der Waals surface area contributed by atoms with Crippen LogP contribution in [-0.4, -0.2) is 60.6 Å². The van der Waals surface area contributed by atoms with Crippen LogP contribution >= 0.6 is 0 Å². The third-order valence-electron chi connectivity index (χ3n) is 6.58. The largest absolute Gasteiger partial charge is 0.497 e. The van der Waals surface area contributed by atoms with Crippen LogP contribution in [0.1, 0.15) is 31.2 Å². The molecule has 2 fully saturated rings. The van der Waals surface area contributed by atoms with E-state index in [0.29, 0.717) is 5.92 Å². The van der Waals surface area contributed by atoms with Gasteiger partial charge in [0, 0.05) is 44.5 Å². The van der Waals surface area contributed by atoms with Crippen molar-refractivity contribution in [2.24, 2.45) is 11.8 Å². The normalized spacial score (nSPS) is 18.7. The van der Waals surface area contributed by atoms with E-state index in [4.69, 9.17) is 4.74 Å². The maximum atomic E-state index is 12.7. The van der Waals surface area contributed by atoms with Gasteiger partial charge in [0.2, 0.25) is 5.91 Å². The molecular formula is C24H33N5O2. The van der Waals surface area contributed by atoms with Gasteiger partial charge in [0.05, 0.1) is 13.3 Å². The molecule has 4 rings (SSSR count). The summed E-state index contributed by atoms with van der Waals surface area (Å²) in [4.78, 5) is 25.9. The van der Waals surface area contributed by atoms with Crippen LogP contribution in [0.15, 0.2) is 42.9 Å². The summed E-state index contributed by atoms with van der Waals surface area (Å²) in [5, 5.41) is 3.24. The lowest BCUT2D eigenvalue weighted by Crippen LogP contribution is -2.43. The first-order valence-electron chi connectivity index (χ1n) is 11.3. The lowest BCUT2D eigenvalue weighted by atomic mass is 9.94. The van der Waals surface area contributed by atoms with E-state index in [1.807, 2.05) is 12.1 Å². The van der Waals surface area contributed by atoms with Gasteiger partial charge in [0.15, 0.2) is 0 Å². The van der Waals surface area contributed by atoms with E-state index < -0.39 is 0 Å². The number of rotatable bonds is 7. The van der Waals surface area contributed by atoms with Gasteiger partial charge in [-0.3, -0.25) is 14.7 Å². The number of methoxy groups -OCH3 is 1. The van der Waals surface area contributed by atoms with Gasteiger partial charge in [0.1, 0.15) is 11.6 Å². The Hall–Kier alpha value is -2.67. The van der Waals surface area contributed by atoms with E-state index in [1.165, 1.54) is 5.56 Å². The summed E-state index contributed by atoms with van der Waals surface area (Å²) in [5.41, 5.74) is 1.32. The fourth-order valence-electron chi connectivity index (χ4n) is 4.55. The molecule has 2 saturated heterocycles. The highest BCUT2D eigenvalue weighted by Crippen LogP contribution is 2.23. The molecule has 0 saturated carbocycles. The molecule has 0 bridgehead atoms. The molecule has 1 amide bonds. The average Bonchev–Trinajstić information content (AvgIpc) is 2.84. The Bertz CT molecular complexity index is 814. The molecule has 2 aliphatic rings.